The minimum atomic E-state index is -1.43. The second kappa shape index (κ2) is 12.9. The van der Waals surface area contributed by atoms with E-state index in [0.29, 0.717) is 30.0 Å². The monoisotopic (exact) mass is 583 g/mol. The highest BCUT2D eigenvalue weighted by molar-refractivity contribution is 5.98. The van der Waals surface area contributed by atoms with Gasteiger partial charge in [-0.15, -0.1) is 0 Å². The molecule has 1 amide bonds. The van der Waals surface area contributed by atoms with Crippen molar-refractivity contribution in [1.29, 1.82) is 0 Å². The van der Waals surface area contributed by atoms with Crippen LogP contribution in [-0.2, 0) is 16.1 Å². The molecule has 10 nitrogen and oxygen atoms in total. The number of carbonyl (C=O) groups is 3. The van der Waals surface area contributed by atoms with E-state index in [1.165, 1.54) is 17.0 Å². The zero-order valence-corrected chi connectivity index (χ0v) is 23.0. The Morgan fingerprint density at radius 1 is 1.05 bits per heavy atom. The van der Waals surface area contributed by atoms with E-state index in [1.54, 1.807) is 38.1 Å². The average Bonchev–Trinajstić information content (AvgIpc) is 3.45. The third-order valence-electron chi connectivity index (χ3n) is 6.74. The van der Waals surface area contributed by atoms with Gasteiger partial charge in [-0.25, -0.2) is 18.4 Å². The Morgan fingerprint density at radius 2 is 1.79 bits per heavy atom. The first-order valence-corrected chi connectivity index (χ1v) is 13.4. The van der Waals surface area contributed by atoms with Crippen molar-refractivity contribution in [3.05, 3.63) is 71.3 Å². The number of hydrogen-bond acceptors (Lipinski definition) is 7. The molecule has 1 aromatic heterocycles. The summed E-state index contributed by atoms with van der Waals surface area (Å²) in [6.45, 7) is 4.02. The quantitative estimate of drug-likeness (QED) is 0.288. The number of nitrogens with two attached hydrogens (primary N) is 1. The predicted molar refractivity (Wildman–Crippen MR) is 147 cm³/mol. The van der Waals surface area contributed by atoms with E-state index in [2.05, 4.69) is 4.98 Å². The van der Waals surface area contributed by atoms with Gasteiger partial charge >= 0.3 is 11.9 Å². The fourth-order valence-corrected chi connectivity index (χ4v) is 4.72. The first-order valence-electron chi connectivity index (χ1n) is 13.4. The normalized spacial score (nSPS) is 15.5. The van der Waals surface area contributed by atoms with Crippen molar-refractivity contribution in [3.63, 3.8) is 0 Å². The van der Waals surface area contributed by atoms with Crippen LogP contribution in [0, 0.1) is 17.6 Å². The third-order valence-corrected chi connectivity index (χ3v) is 6.74. The van der Waals surface area contributed by atoms with Crippen molar-refractivity contribution < 1.29 is 42.9 Å². The van der Waals surface area contributed by atoms with E-state index in [-0.39, 0.29) is 36.7 Å². The lowest BCUT2D eigenvalue weighted by atomic mass is 10.00. The van der Waals surface area contributed by atoms with Gasteiger partial charge in [0.15, 0.2) is 17.7 Å². The number of pyridine rings is 1. The molecule has 2 heterocycles. The highest BCUT2D eigenvalue weighted by atomic mass is 19.1. The van der Waals surface area contributed by atoms with Crippen molar-refractivity contribution in [1.82, 2.24) is 9.88 Å². The van der Waals surface area contributed by atoms with Gasteiger partial charge in [-0.3, -0.25) is 4.79 Å². The van der Waals surface area contributed by atoms with Crippen molar-refractivity contribution in [3.8, 4) is 28.6 Å². The number of aromatic nitrogens is 1. The molecule has 0 aliphatic carbocycles. The molecule has 0 radical (unpaired) electrons. The van der Waals surface area contributed by atoms with Crippen molar-refractivity contribution >= 4 is 17.8 Å². The van der Waals surface area contributed by atoms with Gasteiger partial charge in [0, 0.05) is 24.7 Å². The van der Waals surface area contributed by atoms with Gasteiger partial charge in [-0.1, -0.05) is 32.0 Å². The molecule has 1 fully saturated rings. The van der Waals surface area contributed by atoms with Crippen LogP contribution in [0.1, 0.15) is 49.0 Å². The van der Waals surface area contributed by atoms with Gasteiger partial charge < -0.3 is 30.3 Å². The Bertz CT molecular complexity index is 1500. The number of nitrogens with zero attached hydrogens (tertiary/aromatic N) is 2. The minimum absolute atomic E-state index is 0.0488. The Labute approximate surface area is 240 Å². The molecule has 0 spiro atoms. The van der Waals surface area contributed by atoms with Crippen LogP contribution in [0.15, 0.2) is 48.5 Å². The van der Waals surface area contributed by atoms with Gasteiger partial charge in [-0.05, 0) is 66.1 Å². The number of benzene rings is 2. The maximum absolute atomic E-state index is 14.8. The number of likely N-dealkylation sites (tertiary alicyclic amines) is 1. The summed E-state index contributed by atoms with van der Waals surface area (Å²) < 4.78 is 40.3. The van der Waals surface area contributed by atoms with Gasteiger partial charge in [0.25, 0.3) is 17.7 Å². The van der Waals surface area contributed by atoms with E-state index in [9.17, 15) is 33.4 Å². The maximum Gasteiger partial charge on any atom is 0.344 e. The zero-order chi connectivity index (χ0) is 30.6. The maximum atomic E-state index is 14.8. The summed E-state index contributed by atoms with van der Waals surface area (Å²) in [5, 5.41) is 19.1. The Balaban J connectivity index is 1.75. The van der Waals surface area contributed by atoms with E-state index >= 15 is 0 Å². The molecule has 0 unspecified atom stereocenters. The lowest BCUT2D eigenvalue weighted by Gasteiger charge is -2.22. The molecule has 4 rings (SSSR count). The van der Waals surface area contributed by atoms with Crippen LogP contribution in [-0.4, -0.2) is 56.6 Å². The molecule has 0 bridgehead atoms. The molecule has 1 saturated heterocycles. The summed E-state index contributed by atoms with van der Waals surface area (Å²) in [5.41, 5.74) is 7.81. The highest BCUT2D eigenvalue weighted by Crippen LogP contribution is 2.33. The summed E-state index contributed by atoms with van der Waals surface area (Å²) in [6, 6.07) is 11.0. The van der Waals surface area contributed by atoms with Gasteiger partial charge in [0.2, 0.25) is 0 Å². The fraction of sp³-hybridized carbons (Fsp3) is 0.333. The lowest BCUT2D eigenvalue weighted by Crippen LogP contribution is -2.40. The van der Waals surface area contributed by atoms with Crippen LogP contribution in [0.4, 0.5) is 8.78 Å². The number of aliphatic carboxylic acids is 2. The van der Waals surface area contributed by atoms with E-state index in [0.717, 1.165) is 5.56 Å². The zero-order valence-electron chi connectivity index (χ0n) is 23.0. The molecule has 4 N–H and O–H groups in total. The van der Waals surface area contributed by atoms with Crippen LogP contribution < -0.4 is 15.2 Å². The molecule has 222 valence electrons. The fourth-order valence-electron chi connectivity index (χ4n) is 4.72. The van der Waals surface area contributed by atoms with Crippen molar-refractivity contribution in [2.45, 2.75) is 51.8 Å². The number of amides is 1. The summed E-state index contributed by atoms with van der Waals surface area (Å²) in [4.78, 5) is 41.9. The smallest absolute Gasteiger partial charge is 0.344 e. The highest BCUT2D eigenvalue weighted by Gasteiger charge is 2.35. The largest absolute Gasteiger partial charge is 0.480 e. The Hall–Kier alpha value is -4.58. The van der Waals surface area contributed by atoms with Crippen LogP contribution in [0.25, 0.3) is 11.1 Å². The summed E-state index contributed by atoms with van der Waals surface area (Å²) in [6.07, 6.45) is -0.556. The second-order valence-electron chi connectivity index (χ2n) is 10.4. The SMILES string of the molecule is CC(C)C[C@@H](Oc1nc(Oc2cc(C(=O)N3CCC[C@@H]3C(=O)O)cc(-c3cccc(CN)c3)c2)c(F)cc1F)C(=O)O. The number of carbonyl (C=O) groups excluding carboxylic acids is 1. The lowest BCUT2D eigenvalue weighted by molar-refractivity contribution is -0.146. The van der Waals surface area contributed by atoms with Gasteiger partial charge in [0.05, 0.1) is 0 Å². The first-order chi connectivity index (χ1) is 20.0. The topological polar surface area (TPSA) is 152 Å². The number of ether oxygens (including phenoxy) is 2. The summed E-state index contributed by atoms with van der Waals surface area (Å²) >= 11 is 0. The molecule has 2 atom stereocenters. The molecule has 2 aromatic carbocycles. The average molecular weight is 584 g/mol. The van der Waals surface area contributed by atoms with Crippen molar-refractivity contribution in [2.24, 2.45) is 11.7 Å². The number of rotatable bonds is 11. The van der Waals surface area contributed by atoms with Gasteiger partial charge in [0.1, 0.15) is 11.8 Å². The van der Waals surface area contributed by atoms with Crippen LogP contribution in [0.5, 0.6) is 17.5 Å². The van der Waals surface area contributed by atoms with Crippen molar-refractivity contribution in [2.75, 3.05) is 6.54 Å². The van der Waals surface area contributed by atoms with Crippen LogP contribution >= 0.6 is 0 Å². The first kappa shape index (κ1) is 30.4. The molecular weight excluding hydrogens is 552 g/mol. The van der Waals surface area contributed by atoms with Gasteiger partial charge in [-0.2, -0.15) is 4.98 Å². The number of halogens is 2. The predicted octanol–water partition coefficient (Wildman–Crippen LogP) is 4.85. The molecule has 12 heteroatoms. The van der Waals surface area contributed by atoms with Crippen LogP contribution in [0.3, 0.4) is 0 Å². The Morgan fingerprint density at radius 3 is 2.45 bits per heavy atom. The Kier molecular flexibility index (Phi) is 9.36. The van der Waals surface area contributed by atoms with E-state index in [1.807, 2.05) is 6.07 Å². The van der Waals surface area contributed by atoms with Crippen LogP contribution in [0.2, 0.25) is 0 Å². The molecule has 1 aliphatic heterocycles. The number of carboxylic acids is 2. The third kappa shape index (κ3) is 7.00. The van der Waals surface area contributed by atoms with E-state index in [4.69, 9.17) is 15.2 Å². The van der Waals surface area contributed by atoms with E-state index < -0.39 is 53.4 Å². The molecule has 3 aromatic rings. The molecule has 42 heavy (non-hydrogen) atoms. The standard InChI is InChI=1S/C30H31F2N3O7/c1-16(2)9-25(30(39)40)42-27-23(32)14-22(31)26(34-27)41-21-12-19(18-6-3-5-17(10-18)15-33)11-20(13-21)28(36)35-8-4-7-24(35)29(37)38/h3,5-6,10-14,16,24-25H,4,7-9,15,33H2,1-2H3,(H,37,38)(H,39,40)/t24-,25-/m1/s1. The number of hydrogen-bond donors (Lipinski definition) is 3. The molecule has 0 saturated carbocycles. The number of carboxylic acid groups (broad SMARTS) is 2. The molecule has 1 aliphatic rings. The summed E-state index contributed by atoms with van der Waals surface area (Å²) in [5.74, 6) is -7.05. The minimum Gasteiger partial charge on any atom is -0.480 e. The summed E-state index contributed by atoms with van der Waals surface area (Å²) in [7, 11) is 0. The second-order valence-corrected chi connectivity index (χ2v) is 10.4. The molecular formula is C30H31F2N3O7.